The van der Waals surface area contributed by atoms with E-state index in [1.165, 1.54) is 12.5 Å². The lowest BCUT2D eigenvalue weighted by Gasteiger charge is -2.07. The summed E-state index contributed by atoms with van der Waals surface area (Å²) in [4.78, 5) is 8.30. The topological polar surface area (TPSA) is 92.0 Å². The fourth-order valence-electron chi connectivity index (χ4n) is 1.97. The second-order valence-electron chi connectivity index (χ2n) is 4.66. The summed E-state index contributed by atoms with van der Waals surface area (Å²) in [5.74, 6) is 0.691. The Bertz CT molecular complexity index is 851. The van der Waals surface area contributed by atoms with Gasteiger partial charge in [0.05, 0.1) is 29.3 Å². The highest BCUT2D eigenvalue weighted by atomic mass is 32.2. The first-order valence-electron chi connectivity index (χ1n) is 6.83. The van der Waals surface area contributed by atoms with E-state index in [-0.39, 0.29) is 5.16 Å². The predicted molar refractivity (Wildman–Crippen MR) is 84.2 cm³/mol. The van der Waals surface area contributed by atoms with E-state index < -0.39 is 10.8 Å². The molecule has 0 N–H and O–H groups in total. The molecule has 9 heteroatoms. The van der Waals surface area contributed by atoms with E-state index in [1.807, 2.05) is 24.3 Å². The second kappa shape index (κ2) is 6.80. The highest BCUT2D eigenvalue weighted by Crippen LogP contribution is 2.19. The molecule has 23 heavy (non-hydrogen) atoms. The van der Waals surface area contributed by atoms with Gasteiger partial charge in [0.2, 0.25) is 5.16 Å². The number of benzene rings is 1. The standard InChI is InChI=1S/C14H15N5O3S/c1-21-6-7-22-11-5-3-4-10(8-11)19-13-12(17-18-19)9-15-14(16-13)23(2)20/h3-5,8-9H,6-7H2,1-2H3. The molecule has 0 radical (unpaired) electrons. The Hall–Kier alpha value is -2.39. The monoisotopic (exact) mass is 333 g/mol. The maximum atomic E-state index is 11.6. The Morgan fingerprint density at radius 1 is 1.30 bits per heavy atom. The van der Waals surface area contributed by atoms with Gasteiger partial charge < -0.3 is 9.47 Å². The fraction of sp³-hybridized carbons (Fsp3) is 0.286. The van der Waals surface area contributed by atoms with Crippen molar-refractivity contribution in [2.45, 2.75) is 5.16 Å². The van der Waals surface area contributed by atoms with Gasteiger partial charge in [-0.3, -0.25) is 4.21 Å². The zero-order valence-electron chi connectivity index (χ0n) is 12.7. The summed E-state index contributed by atoms with van der Waals surface area (Å²) in [6, 6.07) is 7.39. The maximum Gasteiger partial charge on any atom is 0.220 e. The zero-order chi connectivity index (χ0) is 16.2. The molecule has 2 aromatic heterocycles. The number of rotatable bonds is 6. The first-order chi connectivity index (χ1) is 11.2. The molecule has 0 fully saturated rings. The second-order valence-corrected chi connectivity index (χ2v) is 5.93. The molecule has 0 spiro atoms. The van der Waals surface area contributed by atoms with Crippen LogP contribution in [0.2, 0.25) is 0 Å². The van der Waals surface area contributed by atoms with Gasteiger partial charge >= 0.3 is 0 Å². The summed E-state index contributed by atoms with van der Waals surface area (Å²) in [6.45, 7) is 0.967. The van der Waals surface area contributed by atoms with Crippen LogP contribution in [0.3, 0.4) is 0 Å². The Balaban J connectivity index is 1.97. The summed E-state index contributed by atoms with van der Waals surface area (Å²) in [7, 11) is 0.348. The lowest BCUT2D eigenvalue weighted by Crippen LogP contribution is -2.05. The molecule has 1 atom stereocenters. The molecule has 3 aromatic rings. The number of fused-ring (bicyclic) bond motifs is 1. The summed E-state index contributed by atoms with van der Waals surface area (Å²) in [5.41, 5.74) is 1.78. The van der Waals surface area contributed by atoms with Gasteiger partial charge in [0.15, 0.2) is 11.2 Å². The van der Waals surface area contributed by atoms with Crippen LogP contribution in [0.25, 0.3) is 16.9 Å². The summed E-state index contributed by atoms with van der Waals surface area (Å²) >= 11 is 0. The molecule has 120 valence electrons. The molecule has 0 saturated heterocycles. The number of nitrogens with zero attached hydrogens (tertiary/aromatic N) is 5. The summed E-state index contributed by atoms with van der Waals surface area (Å²) in [5, 5.41) is 8.36. The largest absolute Gasteiger partial charge is 0.491 e. The third-order valence-electron chi connectivity index (χ3n) is 3.05. The predicted octanol–water partition coefficient (Wildman–Crippen LogP) is 0.973. The molecule has 0 aliphatic rings. The lowest BCUT2D eigenvalue weighted by molar-refractivity contribution is 0.146. The van der Waals surface area contributed by atoms with Crippen LogP contribution in [0.1, 0.15) is 0 Å². The van der Waals surface area contributed by atoms with E-state index in [1.54, 1.807) is 11.8 Å². The Morgan fingerprint density at radius 3 is 2.96 bits per heavy atom. The van der Waals surface area contributed by atoms with E-state index in [9.17, 15) is 4.21 Å². The van der Waals surface area contributed by atoms with E-state index in [2.05, 4.69) is 20.3 Å². The van der Waals surface area contributed by atoms with Crippen molar-refractivity contribution in [1.82, 2.24) is 25.0 Å². The molecule has 8 nitrogen and oxygen atoms in total. The molecular formula is C14H15N5O3S. The third-order valence-corrected chi connectivity index (χ3v) is 3.76. The first kappa shape index (κ1) is 15.5. The van der Waals surface area contributed by atoms with Gasteiger partial charge in [-0.1, -0.05) is 11.3 Å². The number of hydrogen-bond donors (Lipinski definition) is 0. The molecule has 0 bridgehead atoms. The van der Waals surface area contributed by atoms with Gasteiger partial charge in [-0.25, -0.2) is 4.98 Å². The van der Waals surface area contributed by atoms with Gasteiger partial charge in [0, 0.05) is 19.4 Å². The molecule has 1 unspecified atom stereocenters. The van der Waals surface area contributed by atoms with E-state index in [4.69, 9.17) is 9.47 Å². The van der Waals surface area contributed by atoms with Gasteiger partial charge in [-0.2, -0.15) is 9.67 Å². The quantitative estimate of drug-likeness (QED) is 0.490. The molecule has 1 aromatic carbocycles. The Kier molecular flexibility index (Phi) is 4.58. The van der Waals surface area contributed by atoms with Crippen LogP contribution in [0, 0.1) is 0 Å². The van der Waals surface area contributed by atoms with Crippen molar-refractivity contribution in [2.24, 2.45) is 0 Å². The average molecular weight is 333 g/mol. The minimum Gasteiger partial charge on any atom is -0.491 e. The van der Waals surface area contributed by atoms with Crippen molar-refractivity contribution >= 4 is 22.0 Å². The van der Waals surface area contributed by atoms with Gasteiger partial charge in [-0.05, 0) is 12.1 Å². The highest BCUT2D eigenvalue weighted by molar-refractivity contribution is 7.84. The van der Waals surface area contributed by atoms with Crippen LogP contribution in [-0.4, -0.2) is 55.8 Å². The average Bonchev–Trinajstić information content (AvgIpc) is 2.98. The van der Waals surface area contributed by atoms with E-state index in [0.29, 0.717) is 30.1 Å². The van der Waals surface area contributed by atoms with Crippen molar-refractivity contribution in [2.75, 3.05) is 26.6 Å². The Morgan fingerprint density at radius 2 is 2.17 bits per heavy atom. The number of methoxy groups -OCH3 is 1. The fourth-order valence-corrected chi connectivity index (χ4v) is 2.39. The van der Waals surface area contributed by atoms with Crippen LogP contribution in [0.5, 0.6) is 5.75 Å². The Labute approximate surface area is 134 Å². The van der Waals surface area contributed by atoms with Crippen molar-refractivity contribution in [1.29, 1.82) is 0 Å². The minimum absolute atomic E-state index is 0.244. The van der Waals surface area contributed by atoms with Crippen LogP contribution in [0.15, 0.2) is 35.6 Å². The molecule has 0 aliphatic carbocycles. The maximum absolute atomic E-state index is 11.6. The minimum atomic E-state index is -1.27. The van der Waals surface area contributed by atoms with Crippen LogP contribution >= 0.6 is 0 Å². The SMILES string of the molecule is COCCOc1cccc(-n2nnc3cnc(S(C)=O)nc32)c1. The number of ether oxygens (including phenoxy) is 2. The van der Waals surface area contributed by atoms with Crippen molar-refractivity contribution in [3.05, 3.63) is 30.5 Å². The highest BCUT2D eigenvalue weighted by Gasteiger charge is 2.12. The van der Waals surface area contributed by atoms with E-state index in [0.717, 1.165) is 5.69 Å². The molecule has 3 rings (SSSR count). The van der Waals surface area contributed by atoms with E-state index >= 15 is 0 Å². The molecule has 0 aliphatic heterocycles. The smallest absolute Gasteiger partial charge is 0.220 e. The molecule has 0 saturated carbocycles. The summed E-state index contributed by atoms with van der Waals surface area (Å²) in [6.07, 6.45) is 3.04. The van der Waals surface area contributed by atoms with Gasteiger partial charge in [-0.15, -0.1) is 5.10 Å². The number of hydrogen-bond acceptors (Lipinski definition) is 7. The van der Waals surface area contributed by atoms with Crippen LogP contribution in [-0.2, 0) is 15.5 Å². The van der Waals surface area contributed by atoms with Crippen molar-refractivity contribution in [3.8, 4) is 11.4 Å². The van der Waals surface area contributed by atoms with Crippen LogP contribution < -0.4 is 4.74 Å². The molecule has 2 heterocycles. The van der Waals surface area contributed by atoms with Gasteiger partial charge in [0.1, 0.15) is 12.4 Å². The lowest BCUT2D eigenvalue weighted by atomic mass is 10.3. The molecule has 0 amide bonds. The summed E-state index contributed by atoms with van der Waals surface area (Å²) < 4.78 is 23.7. The zero-order valence-corrected chi connectivity index (χ0v) is 13.5. The number of aromatic nitrogens is 5. The molecular weight excluding hydrogens is 318 g/mol. The first-order valence-corrected chi connectivity index (χ1v) is 8.39. The van der Waals surface area contributed by atoms with Gasteiger partial charge in [0.25, 0.3) is 0 Å². The van der Waals surface area contributed by atoms with Crippen LogP contribution in [0.4, 0.5) is 0 Å². The van der Waals surface area contributed by atoms with Crippen molar-refractivity contribution < 1.29 is 13.7 Å². The van der Waals surface area contributed by atoms with Crippen molar-refractivity contribution in [3.63, 3.8) is 0 Å². The third kappa shape index (κ3) is 3.35. The normalized spacial score (nSPS) is 12.4.